The molecule has 0 amide bonds. The number of anilines is 1. The van der Waals surface area contributed by atoms with E-state index >= 15 is 0 Å². The summed E-state index contributed by atoms with van der Waals surface area (Å²) in [6.07, 6.45) is 1.16. The Bertz CT molecular complexity index is 446. The normalized spacial score (nSPS) is 25.4. The Balaban J connectivity index is 2.43. The van der Waals surface area contributed by atoms with Crippen molar-refractivity contribution in [3.05, 3.63) is 30.1 Å². The summed E-state index contributed by atoms with van der Waals surface area (Å²) in [7, 11) is 0. The molecule has 0 aromatic heterocycles. The van der Waals surface area contributed by atoms with Crippen molar-refractivity contribution in [2.24, 2.45) is 11.1 Å². The van der Waals surface area contributed by atoms with Crippen molar-refractivity contribution in [2.45, 2.75) is 32.7 Å². The second-order valence-corrected chi connectivity index (χ2v) is 7.25. The number of thioether (sulfide) groups is 1. The highest BCUT2D eigenvalue weighted by Crippen LogP contribution is 2.46. The Morgan fingerprint density at radius 1 is 1.30 bits per heavy atom. The van der Waals surface area contributed by atoms with Crippen LogP contribution < -0.4 is 10.6 Å². The number of halogens is 1. The number of likely N-dealkylation sites (N-methyl/N-ethyl adjacent to an activating group) is 1. The average molecular weight is 296 g/mol. The van der Waals surface area contributed by atoms with Crippen molar-refractivity contribution in [2.75, 3.05) is 29.5 Å². The Morgan fingerprint density at radius 3 is 2.45 bits per heavy atom. The van der Waals surface area contributed by atoms with Gasteiger partial charge in [0.15, 0.2) is 0 Å². The first-order chi connectivity index (χ1) is 9.47. The van der Waals surface area contributed by atoms with Crippen LogP contribution in [0.5, 0.6) is 0 Å². The molecule has 1 aromatic carbocycles. The van der Waals surface area contributed by atoms with Gasteiger partial charge in [0, 0.05) is 24.5 Å². The maximum atomic E-state index is 13.2. The van der Waals surface area contributed by atoms with Crippen molar-refractivity contribution in [1.29, 1.82) is 0 Å². The molecular formula is C16H25FN2S. The summed E-state index contributed by atoms with van der Waals surface area (Å²) in [5.41, 5.74) is 7.38. The van der Waals surface area contributed by atoms with Crippen LogP contribution in [0.4, 0.5) is 10.1 Å². The van der Waals surface area contributed by atoms with Gasteiger partial charge in [-0.05, 0) is 48.8 Å². The van der Waals surface area contributed by atoms with Gasteiger partial charge in [0.25, 0.3) is 0 Å². The molecule has 0 bridgehead atoms. The summed E-state index contributed by atoms with van der Waals surface area (Å²) in [4.78, 5) is 2.37. The molecule has 4 heteroatoms. The largest absolute Gasteiger partial charge is 0.363 e. The average Bonchev–Trinajstić information content (AvgIpc) is 2.43. The Kier molecular flexibility index (Phi) is 4.65. The standard InChI is InChI=1S/C16H25FN2S/c1-4-19(14-7-5-13(17)6-8-14)16(11-18)12-20-10-9-15(16,2)3/h5-8H,4,9-12,18H2,1-3H3. The van der Waals surface area contributed by atoms with Crippen molar-refractivity contribution in [1.82, 2.24) is 0 Å². The molecular weight excluding hydrogens is 271 g/mol. The van der Waals surface area contributed by atoms with Crippen LogP contribution >= 0.6 is 11.8 Å². The van der Waals surface area contributed by atoms with Gasteiger partial charge in [-0.3, -0.25) is 0 Å². The van der Waals surface area contributed by atoms with Crippen molar-refractivity contribution >= 4 is 17.4 Å². The second kappa shape index (κ2) is 5.94. The van der Waals surface area contributed by atoms with E-state index < -0.39 is 0 Å². The van der Waals surface area contributed by atoms with E-state index in [4.69, 9.17) is 5.73 Å². The molecule has 1 atom stereocenters. The van der Waals surface area contributed by atoms with Crippen LogP contribution in [0.1, 0.15) is 27.2 Å². The Hall–Kier alpha value is -0.740. The van der Waals surface area contributed by atoms with Crippen molar-refractivity contribution in [3.8, 4) is 0 Å². The van der Waals surface area contributed by atoms with E-state index in [1.807, 2.05) is 23.9 Å². The molecule has 1 saturated heterocycles. The first kappa shape index (κ1) is 15.6. The predicted molar refractivity (Wildman–Crippen MR) is 86.9 cm³/mol. The number of nitrogens with zero attached hydrogens (tertiary/aromatic N) is 1. The highest BCUT2D eigenvalue weighted by Gasteiger charge is 2.49. The zero-order valence-corrected chi connectivity index (χ0v) is 13.5. The van der Waals surface area contributed by atoms with Gasteiger partial charge >= 0.3 is 0 Å². The second-order valence-electron chi connectivity index (χ2n) is 6.14. The molecule has 1 aliphatic rings. The molecule has 1 fully saturated rings. The Labute approximate surface area is 125 Å². The molecule has 0 radical (unpaired) electrons. The summed E-state index contributed by atoms with van der Waals surface area (Å²) in [6.45, 7) is 8.28. The van der Waals surface area contributed by atoms with E-state index in [2.05, 4.69) is 25.7 Å². The Morgan fingerprint density at radius 2 is 1.95 bits per heavy atom. The predicted octanol–water partition coefficient (Wildman–Crippen LogP) is 3.51. The number of hydrogen-bond acceptors (Lipinski definition) is 3. The maximum Gasteiger partial charge on any atom is 0.123 e. The summed E-state index contributed by atoms with van der Waals surface area (Å²) in [5.74, 6) is 2.03. The van der Waals surface area contributed by atoms with E-state index in [9.17, 15) is 4.39 Å². The van der Waals surface area contributed by atoms with Crippen LogP contribution in [0.15, 0.2) is 24.3 Å². The summed E-state index contributed by atoms with van der Waals surface area (Å²) >= 11 is 1.97. The lowest BCUT2D eigenvalue weighted by Crippen LogP contribution is -2.66. The molecule has 0 spiro atoms. The van der Waals surface area contributed by atoms with Gasteiger partial charge in [-0.15, -0.1) is 0 Å². The zero-order chi connectivity index (χ0) is 14.8. The third-order valence-corrected chi connectivity index (χ3v) is 5.96. The molecule has 2 N–H and O–H groups in total. The van der Waals surface area contributed by atoms with Gasteiger partial charge in [0.2, 0.25) is 0 Å². The van der Waals surface area contributed by atoms with Gasteiger partial charge in [-0.25, -0.2) is 4.39 Å². The van der Waals surface area contributed by atoms with E-state index in [0.29, 0.717) is 6.54 Å². The van der Waals surface area contributed by atoms with E-state index in [1.165, 1.54) is 17.9 Å². The molecule has 0 saturated carbocycles. The van der Waals surface area contributed by atoms with Gasteiger partial charge in [-0.2, -0.15) is 11.8 Å². The number of nitrogens with two attached hydrogens (primary N) is 1. The first-order valence-corrected chi connectivity index (χ1v) is 8.43. The summed E-state index contributed by atoms with van der Waals surface area (Å²) < 4.78 is 13.2. The SMILES string of the molecule is CCN(c1ccc(F)cc1)C1(CN)CSCCC1(C)C. The molecule has 2 nitrogen and oxygen atoms in total. The van der Waals surface area contributed by atoms with Crippen molar-refractivity contribution in [3.63, 3.8) is 0 Å². The molecule has 1 heterocycles. The van der Waals surface area contributed by atoms with E-state index in [1.54, 1.807) is 0 Å². The fourth-order valence-corrected chi connectivity index (χ4v) is 5.04. The minimum atomic E-state index is -0.191. The molecule has 112 valence electrons. The highest BCUT2D eigenvalue weighted by molar-refractivity contribution is 7.99. The number of rotatable bonds is 4. The van der Waals surface area contributed by atoms with Crippen LogP contribution in [0, 0.1) is 11.2 Å². The fraction of sp³-hybridized carbons (Fsp3) is 0.625. The quantitative estimate of drug-likeness (QED) is 0.922. The fourth-order valence-electron chi connectivity index (χ4n) is 3.24. The third-order valence-electron chi connectivity index (χ3n) is 4.78. The molecule has 1 unspecified atom stereocenters. The van der Waals surface area contributed by atoms with Crippen LogP contribution in [-0.4, -0.2) is 30.1 Å². The molecule has 1 aromatic rings. The first-order valence-electron chi connectivity index (χ1n) is 7.28. The van der Waals surface area contributed by atoms with Gasteiger partial charge in [0.1, 0.15) is 5.82 Å². The van der Waals surface area contributed by atoms with Crippen LogP contribution in [-0.2, 0) is 0 Å². The third kappa shape index (κ3) is 2.56. The summed E-state index contributed by atoms with van der Waals surface area (Å²) in [6, 6.07) is 6.80. The molecule has 1 aliphatic heterocycles. The lowest BCUT2D eigenvalue weighted by atomic mass is 9.69. The lowest BCUT2D eigenvalue weighted by molar-refractivity contribution is 0.170. The number of hydrogen-bond donors (Lipinski definition) is 1. The number of benzene rings is 1. The topological polar surface area (TPSA) is 29.3 Å². The van der Waals surface area contributed by atoms with Crippen LogP contribution in [0.3, 0.4) is 0 Å². The molecule has 2 rings (SSSR count). The lowest BCUT2D eigenvalue weighted by Gasteiger charge is -2.56. The zero-order valence-electron chi connectivity index (χ0n) is 12.7. The molecule has 0 aliphatic carbocycles. The molecule has 20 heavy (non-hydrogen) atoms. The minimum absolute atomic E-state index is 0.0670. The van der Waals surface area contributed by atoms with E-state index in [0.717, 1.165) is 24.4 Å². The van der Waals surface area contributed by atoms with Crippen LogP contribution in [0.2, 0.25) is 0 Å². The summed E-state index contributed by atoms with van der Waals surface area (Å²) in [5, 5.41) is 0. The van der Waals surface area contributed by atoms with Gasteiger partial charge in [-0.1, -0.05) is 13.8 Å². The van der Waals surface area contributed by atoms with Crippen LogP contribution in [0.25, 0.3) is 0 Å². The smallest absolute Gasteiger partial charge is 0.123 e. The minimum Gasteiger partial charge on any atom is -0.363 e. The van der Waals surface area contributed by atoms with Crippen molar-refractivity contribution < 1.29 is 4.39 Å². The van der Waals surface area contributed by atoms with E-state index in [-0.39, 0.29) is 16.8 Å². The highest BCUT2D eigenvalue weighted by atomic mass is 32.2. The van der Waals surface area contributed by atoms with Gasteiger partial charge in [0.05, 0.1) is 5.54 Å². The monoisotopic (exact) mass is 296 g/mol. The van der Waals surface area contributed by atoms with Gasteiger partial charge < -0.3 is 10.6 Å². The maximum absolute atomic E-state index is 13.2.